The molecule has 9 rings (SSSR count). The monoisotopic (exact) mass is 1610 g/mol. The van der Waals surface area contributed by atoms with E-state index in [9.17, 15) is 0 Å². The molecule has 2 aliphatic heterocycles. The van der Waals surface area contributed by atoms with Gasteiger partial charge in [0.25, 0.3) is 0 Å². The van der Waals surface area contributed by atoms with Gasteiger partial charge in [0.1, 0.15) is 74.1 Å². The van der Waals surface area contributed by atoms with Crippen LogP contribution in [-0.2, 0) is 85.3 Å². The SMILES string of the molecule is C#Cc1ccc(-c2c3nc(c(-c4cc(OCCOCCOCCOC)cc(OCCOCCOCCOC)c4)c4ccc([nH]4)c(-c4cc(OCCOCCOCCOC)cc(OCCOCCOCCOC)c4)c4nc(c(-c5cc(OCCOCCOCCOC)cc(OCCOCCOCCOC)c5)c5ccc2[nH]5)C=C4)C=C3)cc1. The summed E-state index contributed by atoms with van der Waals surface area (Å²) in [4.78, 5) is 19.2. The quantitative estimate of drug-likeness (QED) is 0.0265. The summed E-state index contributed by atoms with van der Waals surface area (Å²) >= 11 is 0. The number of H-pyrrole nitrogens is 2. The average Bonchev–Trinajstić information content (AvgIpc) is 1.61. The second kappa shape index (κ2) is 54.9. The lowest BCUT2D eigenvalue weighted by Crippen LogP contribution is -2.13. The van der Waals surface area contributed by atoms with Gasteiger partial charge in [-0.25, -0.2) is 9.97 Å². The van der Waals surface area contributed by atoms with Gasteiger partial charge in [0.05, 0.1) is 221 Å². The highest BCUT2D eigenvalue weighted by Crippen LogP contribution is 2.43. The van der Waals surface area contributed by atoms with Gasteiger partial charge < -0.3 is 124 Å². The molecule has 0 saturated carbocycles. The van der Waals surface area contributed by atoms with Crippen LogP contribution in [0.25, 0.3) is 90.9 Å². The van der Waals surface area contributed by atoms with Gasteiger partial charge in [0.15, 0.2) is 0 Å². The number of aromatic amines is 2. The highest BCUT2D eigenvalue weighted by atomic mass is 16.6. The predicted octanol–water partition coefficient (Wildman–Crippen LogP) is 11.7. The third kappa shape index (κ3) is 31.9. The standard InChI is InChI=1S/C88H114N4O24/c1-8-66-9-11-67(12-10-66)85-77-13-15-79(89-77)86(68-57-71(111-51-45-105-39-33-99-27-21-93-2)63-72(58-68)112-52-46-106-40-34-100-28-22-94-3)81-17-19-83(91-81)88(70-61-75(115-55-49-109-43-37-103-31-25-97-6)65-76(62-70)116-56-50-110-44-38-104-32-26-98-7)84-20-18-82(92-84)87(80-16-14-78(85)90-80)69-59-73(113-53-47-107-41-35-101-29-23-95-4)64-74(60-69)114-54-48-108-42-36-102-30-24-96-5/h1,9-20,57-65,89,92H,21-56H2,2-7H3. The van der Waals surface area contributed by atoms with Crippen LogP contribution in [0.4, 0.5) is 0 Å². The van der Waals surface area contributed by atoms with Gasteiger partial charge in [-0.15, -0.1) is 6.42 Å². The van der Waals surface area contributed by atoms with E-state index in [0.717, 1.165) is 16.6 Å². The van der Waals surface area contributed by atoms with Crippen molar-refractivity contribution in [1.29, 1.82) is 0 Å². The van der Waals surface area contributed by atoms with E-state index >= 15 is 0 Å². The first-order valence-corrected chi connectivity index (χ1v) is 39.2. The molecule has 630 valence electrons. The first kappa shape index (κ1) is 91.0. The minimum Gasteiger partial charge on any atom is -0.491 e. The van der Waals surface area contributed by atoms with Crippen molar-refractivity contribution in [2.75, 3.05) is 281 Å². The normalized spacial score (nSPS) is 11.8. The lowest BCUT2D eigenvalue weighted by atomic mass is 10.0. The number of benzene rings is 4. The first-order valence-electron chi connectivity index (χ1n) is 39.2. The Morgan fingerprint density at radius 1 is 0.233 bits per heavy atom. The van der Waals surface area contributed by atoms with Crippen molar-refractivity contribution in [2.45, 2.75) is 0 Å². The number of fused-ring (bicyclic) bond motifs is 8. The van der Waals surface area contributed by atoms with E-state index in [2.05, 4.69) is 22.0 Å². The molecule has 4 aromatic carbocycles. The van der Waals surface area contributed by atoms with Gasteiger partial charge in [-0.05, 0) is 119 Å². The minimum absolute atomic E-state index is 0.207. The largest absolute Gasteiger partial charge is 0.491 e. The molecule has 5 heterocycles. The molecule has 0 fully saturated rings. The Bertz CT molecular complexity index is 4030. The molecular weight excluding hydrogens is 1500 g/mol. The van der Waals surface area contributed by atoms with Gasteiger partial charge >= 0.3 is 0 Å². The fourth-order valence-corrected chi connectivity index (χ4v) is 11.9. The van der Waals surface area contributed by atoms with Gasteiger partial charge in [-0.3, -0.25) is 0 Å². The molecule has 0 aliphatic carbocycles. The van der Waals surface area contributed by atoms with Crippen molar-refractivity contribution in [3.05, 3.63) is 131 Å². The van der Waals surface area contributed by atoms with Crippen LogP contribution in [-0.4, -0.2) is 300 Å². The Labute approximate surface area is 680 Å². The zero-order valence-corrected chi connectivity index (χ0v) is 67.8. The van der Waals surface area contributed by atoms with E-state index in [-0.39, 0.29) is 79.3 Å². The smallest absolute Gasteiger partial charge is 0.123 e. The molecule has 28 nitrogen and oxygen atoms in total. The summed E-state index contributed by atoms with van der Waals surface area (Å²) in [5, 5.41) is 0. The molecular formula is C88H114N4O24. The number of aromatic nitrogens is 4. The molecule has 116 heavy (non-hydrogen) atoms. The number of methoxy groups -OCH3 is 6. The molecule has 0 radical (unpaired) electrons. The predicted molar refractivity (Wildman–Crippen MR) is 443 cm³/mol. The molecule has 8 bridgehead atoms. The summed E-state index contributed by atoms with van der Waals surface area (Å²) in [5.74, 6) is 5.89. The van der Waals surface area contributed by atoms with E-state index in [1.54, 1.807) is 42.7 Å². The number of ether oxygens (including phenoxy) is 24. The molecule has 2 N–H and O–H groups in total. The summed E-state index contributed by atoms with van der Waals surface area (Å²) in [6.07, 6.45) is 14.1. The lowest BCUT2D eigenvalue weighted by molar-refractivity contribution is 0.0174. The van der Waals surface area contributed by atoms with Crippen LogP contribution in [0.5, 0.6) is 34.5 Å². The minimum atomic E-state index is 0.207. The van der Waals surface area contributed by atoms with Crippen molar-refractivity contribution >= 4 is 46.4 Å². The second-order valence-corrected chi connectivity index (χ2v) is 25.7. The molecule has 0 amide bonds. The summed E-state index contributed by atoms with van der Waals surface area (Å²) in [6, 6.07) is 33.5. The summed E-state index contributed by atoms with van der Waals surface area (Å²) < 4.78 is 140. The number of hydrogen-bond acceptors (Lipinski definition) is 26. The Balaban J connectivity index is 1.25. The Kier molecular flexibility index (Phi) is 43.1. The number of nitrogens with one attached hydrogen (secondary N) is 2. The Morgan fingerprint density at radius 2 is 0.422 bits per heavy atom. The summed E-state index contributed by atoms with van der Waals surface area (Å²) in [6.45, 7) is 13.3. The van der Waals surface area contributed by atoms with Crippen LogP contribution < -0.4 is 28.4 Å². The summed E-state index contributed by atoms with van der Waals surface area (Å²) in [7, 11) is 9.82. The van der Waals surface area contributed by atoms with Crippen molar-refractivity contribution in [3.63, 3.8) is 0 Å². The maximum atomic E-state index is 6.60. The highest BCUT2D eigenvalue weighted by Gasteiger charge is 2.23. The lowest BCUT2D eigenvalue weighted by Gasteiger charge is -2.14. The zero-order chi connectivity index (χ0) is 81.1. The number of terminal acetylenes is 1. The van der Waals surface area contributed by atoms with Crippen molar-refractivity contribution < 1.29 is 114 Å². The molecule has 7 aromatic rings. The van der Waals surface area contributed by atoms with Crippen LogP contribution in [0.15, 0.2) is 103 Å². The van der Waals surface area contributed by atoms with Crippen molar-refractivity contribution in [3.8, 4) is 91.3 Å². The third-order valence-electron chi connectivity index (χ3n) is 17.4. The summed E-state index contributed by atoms with van der Waals surface area (Å²) in [5.41, 5.74) is 11.9. The van der Waals surface area contributed by atoms with Gasteiger partial charge in [0.2, 0.25) is 0 Å². The van der Waals surface area contributed by atoms with Crippen molar-refractivity contribution in [2.24, 2.45) is 0 Å². The van der Waals surface area contributed by atoms with E-state index in [1.165, 1.54) is 0 Å². The van der Waals surface area contributed by atoms with Crippen LogP contribution in [0.3, 0.4) is 0 Å². The molecule has 0 unspecified atom stereocenters. The molecule has 2 aliphatic rings. The Hall–Kier alpha value is -8.88. The molecule has 3 aromatic heterocycles. The number of hydrogen-bond donors (Lipinski definition) is 2. The van der Waals surface area contributed by atoms with E-state index in [0.29, 0.717) is 271 Å². The molecule has 0 atom stereocenters. The zero-order valence-electron chi connectivity index (χ0n) is 67.8. The van der Waals surface area contributed by atoms with Crippen LogP contribution >= 0.6 is 0 Å². The number of rotatable bonds is 64. The van der Waals surface area contributed by atoms with E-state index in [1.807, 2.05) is 121 Å². The molecule has 28 heteroatoms. The van der Waals surface area contributed by atoms with Gasteiger partial charge in [-0.1, -0.05) is 18.1 Å². The van der Waals surface area contributed by atoms with Gasteiger partial charge in [0, 0.05) is 111 Å². The maximum Gasteiger partial charge on any atom is 0.123 e. The topological polar surface area (TPSA) is 279 Å². The average molecular weight is 1610 g/mol. The fraction of sp³-hybridized carbons (Fsp3) is 0.477. The Morgan fingerprint density at radius 3 is 0.621 bits per heavy atom. The van der Waals surface area contributed by atoms with E-state index < -0.39 is 0 Å². The molecule has 0 spiro atoms. The van der Waals surface area contributed by atoms with Crippen LogP contribution in [0.2, 0.25) is 0 Å². The number of nitrogens with zero attached hydrogens (tertiary/aromatic N) is 2. The van der Waals surface area contributed by atoms with Crippen LogP contribution in [0, 0.1) is 12.3 Å². The second-order valence-electron chi connectivity index (χ2n) is 25.7. The van der Waals surface area contributed by atoms with Gasteiger partial charge in [-0.2, -0.15) is 0 Å². The molecule has 0 saturated heterocycles. The first-order chi connectivity index (χ1) is 57.3. The van der Waals surface area contributed by atoms with Crippen molar-refractivity contribution in [1.82, 2.24) is 19.9 Å². The highest BCUT2D eigenvalue weighted by molar-refractivity contribution is 6.00. The van der Waals surface area contributed by atoms with E-state index in [4.69, 9.17) is 130 Å². The van der Waals surface area contributed by atoms with Crippen LogP contribution in [0.1, 0.15) is 28.3 Å². The fourth-order valence-electron chi connectivity index (χ4n) is 11.9. The maximum absolute atomic E-state index is 6.60. The third-order valence-corrected chi connectivity index (χ3v) is 17.4.